The number of nitrogen functional groups attached to an aromatic ring is 1. The van der Waals surface area contributed by atoms with E-state index in [1.807, 2.05) is 30.3 Å². The molecule has 2 aromatic rings. The number of nitrogens with one attached hydrogen (secondary N) is 1. The van der Waals surface area contributed by atoms with E-state index in [-0.39, 0.29) is 6.42 Å². The molecule has 0 atom stereocenters. The molecule has 0 fully saturated rings. The van der Waals surface area contributed by atoms with Gasteiger partial charge in [-0.25, -0.2) is 0 Å². The minimum absolute atomic E-state index is 0.0629. The highest BCUT2D eigenvalue weighted by molar-refractivity contribution is 5.72. The quantitative estimate of drug-likeness (QED) is 0.769. The Morgan fingerprint density at radius 2 is 2.16 bits per heavy atom. The van der Waals surface area contributed by atoms with E-state index in [0.717, 1.165) is 22.6 Å². The molecule has 0 spiro atoms. The number of benzene rings is 1. The van der Waals surface area contributed by atoms with Gasteiger partial charge in [-0.05, 0) is 30.2 Å². The van der Waals surface area contributed by atoms with Crippen molar-refractivity contribution in [1.82, 2.24) is 4.98 Å². The normalized spacial score (nSPS) is 10.4. The number of H-pyrrole nitrogens is 1. The Kier molecular flexibility index (Phi) is 3.75. The van der Waals surface area contributed by atoms with Crippen LogP contribution < -0.4 is 10.5 Å². The summed E-state index contributed by atoms with van der Waals surface area (Å²) in [4.78, 5) is 13.7. The van der Waals surface area contributed by atoms with Gasteiger partial charge in [0.2, 0.25) is 0 Å². The predicted molar refractivity (Wildman–Crippen MR) is 73.1 cm³/mol. The van der Waals surface area contributed by atoms with E-state index < -0.39 is 5.97 Å². The van der Waals surface area contributed by atoms with Gasteiger partial charge >= 0.3 is 5.97 Å². The molecule has 5 heteroatoms. The van der Waals surface area contributed by atoms with E-state index in [9.17, 15) is 4.79 Å². The van der Waals surface area contributed by atoms with Crippen molar-refractivity contribution in [3.8, 4) is 17.0 Å². The minimum atomic E-state index is -0.834. The predicted octanol–water partition coefficient (Wildman–Crippen LogP) is 2.29. The maximum atomic E-state index is 10.6. The van der Waals surface area contributed by atoms with Crippen LogP contribution in [0, 0.1) is 0 Å². The highest BCUT2D eigenvalue weighted by Crippen LogP contribution is 2.31. The number of ether oxygens (including phenoxy) is 1. The number of para-hydroxylation sites is 1. The summed E-state index contributed by atoms with van der Waals surface area (Å²) in [6, 6.07) is 9.45. The second-order valence-corrected chi connectivity index (χ2v) is 4.22. The lowest BCUT2D eigenvalue weighted by Gasteiger charge is -2.05. The topological polar surface area (TPSA) is 88.3 Å². The van der Waals surface area contributed by atoms with Crippen molar-refractivity contribution >= 4 is 11.8 Å². The van der Waals surface area contributed by atoms with Gasteiger partial charge in [-0.1, -0.05) is 12.1 Å². The Labute approximate surface area is 111 Å². The number of hydrogen-bond donors (Lipinski definition) is 3. The van der Waals surface area contributed by atoms with Crippen LogP contribution in [0.1, 0.15) is 12.0 Å². The number of carboxylic acid groups (broad SMARTS) is 1. The number of aliphatic carboxylic acids is 1. The maximum Gasteiger partial charge on any atom is 0.303 e. The Balaban J connectivity index is 2.31. The van der Waals surface area contributed by atoms with Crippen molar-refractivity contribution < 1.29 is 14.6 Å². The standard InChI is InChI=1S/C14H16N2O3/c1-19-12-5-3-2-4-10(12)11-8-9(14(15)16-11)6-7-13(17)18/h2-5,8,16H,6-7,15H2,1H3,(H,17,18). The average Bonchev–Trinajstić information content (AvgIpc) is 2.77. The van der Waals surface area contributed by atoms with Crippen LogP contribution in [0.2, 0.25) is 0 Å². The number of nitrogens with two attached hydrogens (primary N) is 1. The number of anilines is 1. The fraction of sp³-hybridized carbons (Fsp3) is 0.214. The van der Waals surface area contributed by atoms with Gasteiger partial charge in [0.25, 0.3) is 0 Å². The van der Waals surface area contributed by atoms with Gasteiger partial charge in [-0.2, -0.15) is 0 Å². The number of carbonyl (C=O) groups is 1. The number of hydrogen-bond acceptors (Lipinski definition) is 3. The fourth-order valence-electron chi connectivity index (χ4n) is 1.97. The van der Waals surface area contributed by atoms with E-state index in [4.69, 9.17) is 15.6 Å². The number of aromatic nitrogens is 1. The summed E-state index contributed by atoms with van der Waals surface area (Å²) in [5.74, 6) is 0.412. The van der Waals surface area contributed by atoms with Crippen molar-refractivity contribution in [2.45, 2.75) is 12.8 Å². The SMILES string of the molecule is COc1ccccc1-c1cc(CCC(=O)O)c(N)[nH]1. The van der Waals surface area contributed by atoms with Crippen molar-refractivity contribution in [2.75, 3.05) is 12.8 Å². The lowest BCUT2D eigenvalue weighted by Crippen LogP contribution is -1.98. The second-order valence-electron chi connectivity index (χ2n) is 4.22. The third-order valence-corrected chi connectivity index (χ3v) is 2.94. The van der Waals surface area contributed by atoms with Crippen LogP contribution >= 0.6 is 0 Å². The molecule has 0 saturated carbocycles. The molecular weight excluding hydrogens is 244 g/mol. The molecule has 0 unspecified atom stereocenters. The van der Waals surface area contributed by atoms with Gasteiger partial charge < -0.3 is 20.6 Å². The molecule has 0 bridgehead atoms. The molecule has 0 saturated heterocycles. The van der Waals surface area contributed by atoms with Crippen molar-refractivity contribution in [3.63, 3.8) is 0 Å². The molecule has 0 aliphatic rings. The second kappa shape index (κ2) is 5.48. The molecule has 19 heavy (non-hydrogen) atoms. The van der Waals surface area contributed by atoms with Gasteiger partial charge in [-0.15, -0.1) is 0 Å². The summed E-state index contributed by atoms with van der Waals surface area (Å²) < 4.78 is 5.29. The highest BCUT2D eigenvalue weighted by Gasteiger charge is 2.11. The van der Waals surface area contributed by atoms with Gasteiger partial charge in [0.1, 0.15) is 11.6 Å². The van der Waals surface area contributed by atoms with Crippen molar-refractivity contribution in [3.05, 3.63) is 35.9 Å². The zero-order chi connectivity index (χ0) is 13.8. The monoisotopic (exact) mass is 260 g/mol. The van der Waals surface area contributed by atoms with Crippen LogP contribution in [0.25, 0.3) is 11.3 Å². The van der Waals surface area contributed by atoms with E-state index in [0.29, 0.717) is 12.2 Å². The number of aryl methyl sites for hydroxylation is 1. The zero-order valence-corrected chi connectivity index (χ0v) is 10.6. The third kappa shape index (κ3) is 2.88. The Morgan fingerprint density at radius 1 is 1.42 bits per heavy atom. The van der Waals surface area contributed by atoms with Crippen molar-refractivity contribution in [1.29, 1.82) is 0 Å². The third-order valence-electron chi connectivity index (χ3n) is 2.94. The van der Waals surface area contributed by atoms with Gasteiger partial charge in [0.05, 0.1) is 12.8 Å². The molecule has 0 amide bonds. The summed E-state index contributed by atoms with van der Waals surface area (Å²) in [7, 11) is 1.61. The van der Waals surface area contributed by atoms with Crippen LogP contribution in [0.3, 0.4) is 0 Å². The van der Waals surface area contributed by atoms with E-state index >= 15 is 0 Å². The first-order chi connectivity index (χ1) is 9.11. The molecule has 2 rings (SSSR count). The largest absolute Gasteiger partial charge is 0.496 e. The lowest BCUT2D eigenvalue weighted by molar-refractivity contribution is -0.136. The minimum Gasteiger partial charge on any atom is -0.496 e. The number of rotatable bonds is 5. The van der Waals surface area contributed by atoms with Crippen LogP contribution in [0.15, 0.2) is 30.3 Å². The van der Waals surface area contributed by atoms with E-state index in [1.54, 1.807) is 7.11 Å². The van der Waals surface area contributed by atoms with Crippen molar-refractivity contribution in [2.24, 2.45) is 0 Å². The number of methoxy groups -OCH3 is 1. The summed E-state index contributed by atoms with van der Waals surface area (Å²) in [6.07, 6.45) is 0.472. The van der Waals surface area contributed by atoms with Crippen LogP contribution in [0.5, 0.6) is 5.75 Å². The first kappa shape index (κ1) is 13.0. The molecule has 1 heterocycles. The van der Waals surface area contributed by atoms with Crippen LogP contribution in [-0.4, -0.2) is 23.2 Å². The number of carboxylic acids is 1. The first-order valence-electron chi connectivity index (χ1n) is 5.94. The molecule has 0 radical (unpaired) electrons. The molecule has 0 aliphatic heterocycles. The summed E-state index contributed by atoms with van der Waals surface area (Å²) in [6.45, 7) is 0. The molecule has 100 valence electrons. The molecular formula is C14H16N2O3. The Bertz CT molecular complexity index is 590. The zero-order valence-electron chi connectivity index (χ0n) is 10.6. The Morgan fingerprint density at radius 3 is 2.84 bits per heavy atom. The molecule has 1 aromatic heterocycles. The van der Waals surface area contributed by atoms with Gasteiger partial charge in [0.15, 0.2) is 0 Å². The van der Waals surface area contributed by atoms with Crippen LogP contribution in [0.4, 0.5) is 5.82 Å². The van der Waals surface area contributed by atoms with Gasteiger partial charge in [0, 0.05) is 12.0 Å². The van der Waals surface area contributed by atoms with Crippen LogP contribution in [-0.2, 0) is 11.2 Å². The fourth-order valence-corrected chi connectivity index (χ4v) is 1.97. The maximum absolute atomic E-state index is 10.6. The molecule has 1 aromatic carbocycles. The average molecular weight is 260 g/mol. The molecule has 5 nitrogen and oxygen atoms in total. The molecule has 0 aliphatic carbocycles. The summed E-state index contributed by atoms with van der Waals surface area (Å²) >= 11 is 0. The smallest absolute Gasteiger partial charge is 0.303 e. The number of aromatic amines is 1. The van der Waals surface area contributed by atoms with Gasteiger partial charge in [-0.3, -0.25) is 4.79 Å². The first-order valence-corrected chi connectivity index (χ1v) is 5.94. The van der Waals surface area contributed by atoms with E-state index in [2.05, 4.69) is 4.98 Å². The summed E-state index contributed by atoms with van der Waals surface area (Å²) in [5, 5.41) is 8.70. The lowest BCUT2D eigenvalue weighted by atomic mass is 10.1. The Hall–Kier alpha value is -2.43. The van der Waals surface area contributed by atoms with E-state index in [1.165, 1.54) is 0 Å². The molecule has 4 N–H and O–H groups in total. The summed E-state index contributed by atoms with van der Waals surface area (Å²) in [5.41, 5.74) is 8.41. The highest BCUT2D eigenvalue weighted by atomic mass is 16.5.